The predicted octanol–water partition coefficient (Wildman–Crippen LogP) is 0.351. The van der Waals surface area contributed by atoms with Gasteiger partial charge in [-0.05, 0) is 19.6 Å². The third kappa shape index (κ3) is 1.77. The van der Waals surface area contributed by atoms with Gasteiger partial charge in [0.2, 0.25) is 5.91 Å². The molecule has 0 aliphatic carbocycles. The molecule has 2 aliphatic rings. The summed E-state index contributed by atoms with van der Waals surface area (Å²) in [6.07, 6.45) is 3.61. The molecule has 2 heterocycles. The Hall–Kier alpha value is -0.260. The van der Waals surface area contributed by atoms with E-state index in [2.05, 4.69) is 5.32 Å². The highest BCUT2D eigenvalue weighted by Crippen LogP contribution is 2.42. The van der Waals surface area contributed by atoms with Crippen LogP contribution < -0.4 is 5.32 Å². The second kappa shape index (κ2) is 3.96. The summed E-state index contributed by atoms with van der Waals surface area (Å²) in [5.74, 6) is -0.0106. The van der Waals surface area contributed by atoms with E-state index < -0.39 is 0 Å². The zero-order valence-electron chi connectivity index (χ0n) is 9.03. The molecule has 5 heteroatoms. The third-order valence-corrected chi connectivity index (χ3v) is 4.22. The number of aliphatic hydroxyl groups excluding tert-OH is 1. The first-order valence-corrected chi connectivity index (χ1v) is 6.50. The molecule has 2 saturated heterocycles. The normalized spacial score (nSPS) is 44.2. The molecule has 2 aliphatic heterocycles. The summed E-state index contributed by atoms with van der Waals surface area (Å²) in [5.41, 5.74) is -0.0124. The molecule has 2 unspecified atom stereocenters. The summed E-state index contributed by atoms with van der Waals surface area (Å²) >= 11 is 1.68. The van der Waals surface area contributed by atoms with Crippen LogP contribution in [0.3, 0.4) is 0 Å². The lowest BCUT2D eigenvalue weighted by Crippen LogP contribution is -2.73. The van der Waals surface area contributed by atoms with Crippen LogP contribution >= 0.6 is 11.8 Å². The summed E-state index contributed by atoms with van der Waals surface area (Å²) < 4.78 is 5.62. The number of rotatable bonds is 4. The number of hydrogen-bond acceptors (Lipinski definition) is 4. The van der Waals surface area contributed by atoms with Crippen LogP contribution in [0.5, 0.6) is 0 Å². The second-order valence-electron chi connectivity index (χ2n) is 4.43. The highest BCUT2D eigenvalue weighted by Gasteiger charge is 2.56. The van der Waals surface area contributed by atoms with Gasteiger partial charge < -0.3 is 15.2 Å². The first-order chi connectivity index (χ1) is 7.10. The average molecular weight is 231 g/mol. The Balaban J connectivity index is 1.93. The number of thioether (sulfide) groups is 1. The van der Waals surface area contributed by atoms with Crippen LogP contribution in [0.25, 0.3) is 0 Å². The minimum Gasteiger partial charge on any atom is -0.396 e. The molecule has 4 nitrogen and oxygen atoms in total. The monoisotopic (exact) mass is 231 g/mol. The van der Waals surface area contributed by atoms with Crippen LogP contribution in [0.15, 0.2) is 0 Å². The molecule has 0 bridgehead atoms. The molecule has 0 aromatic rings. The zero-order valence-corrected chi connectivity index (χ0v) is 9.84. The van der Waals surface area contributed by atoms with Crippen molar-refractivity contribution in [3.05, 3.63) is 0 Å². The lowest BCUT2D eigenvalue weighted by Gasteiger charge is -2.53. The number of carbonyl (C=O) groups is 1. The third-order valence-electron chi connectivity index (χ3n) is 3.39. The van der Waals surface area contributed by atoms with Crippen molar-refractivity contribution in [1.29, 1.82) is 0 Å². The Bertz CT molecular complexity index is 267. The molecule has 15 heavy (non-hydrogen) atoms. The van der Waals surface area contributed by atoms with Crippen molar-refractivity contribution < 1.29 is 14.6 Å². The molecule has 2 fully saturated rings. The van der Waals surface area contributed by atoms with Crippen molar-refractivity contribution in [2.75, 3.05) is 12.9 Å². The van der Waals surface area contributed by atoms with Crippen molar-refractivity contribution in [2.24, 2.45) is 5.92 Å². The molecule has 2 N–H and O–H groups in total. The van der Waals surface area contributed by atoms with Crippen LogP contribution in [-0.2, 0) is 9.53 Å². The lowest BCUT2D eigenvalue weighted by molar-refractivity contribution is -0.174. The van der Waals surface area contributed by atoms with Gasteiger partial charge in [-0.3, -0.25) is 4.79 Å². The minimum absolute atomic E-state index is 0.0488. The largest absolute Gasteiger partial charge is 0.396 e. The van der Waals surface area contributed by atoms with Crippen molar-refractivity contribution >= 4 is 17.7 Å². The van der Waals surface area contributed by atoms with Gasteiger partial charge in [-0.15, -0.1) is 11.8 Å². The molecule has 0 aromatic carbocycles. The summed E-state index contributed by atoms with van der Waals surface area (Å²) in [4.78, 5) is 11.5. The van der Waals surface area contributed by atoms with E-state index in [-0.39, 0.29) is 35.5 Å². The van der Waals surface area contributed by atoms with Crippen molar-refractivity contribution in [3.8, 4) is 0 Å². The molecule has 0 spiro atoms. The Morgan fingerprint density at radius 3 is 2.87 bits per heavy atom. The molecule has 86 valence electrons. The Morgan fingerprint density at radius 1 is 1.73 bits per heavy atom. The number of aliphatic hydroxyl groups is 1. The fraction of sp³-hybridized carbons (Fsp3) is 0.900. The maximum atomic E-state index is 11.5. The molecule has 1 amide bonds. The fourth-order valence-electron chi connectivity index (χ4n) is 2.42. The van der Waals surface area contributed by atoms with Gasteiger partial charge in [0, 0.05) is 13.0 Å². The first kappa shape index (κ1) is 11.2. The molecule has 0 saturated carbocycles. The van der Waals surface area contributed by atoms with Crippen LogP contribution in [0.1, 0.15) is 19.8 Å². The number of amides is 1. The standard InChI is InChI=1S/C10H17NO3S/c1-10(3-4-12)8(9(13)11-10)6-5-7(14-6)15-2/h6-8,12H,3-5H2,1-2H3,(H,11,13)/t6?,7?,8-,10+/m0/s1. The number of hydrogen-bond donors (Lipinski definition) is 2. The molecule has 2 rings (SSSR count). The maximum Gasteiger partial charge on any atom is 0.228 e. The van der Waals surface area contributed by atoms with Gasteiger partial charge >= 0.3 is 0 Å². The molecule has 0 aromatic heterocycles. The highest BCUT2D eigenvalue weighted by molar-refractivity contribution is 7.99. The molecular weight excluding hydrogens is 214 g/mol. The summed E-state index contributed by atoms with van der Waals surface area (Å²) in [5, 5.41) is 11.8. The van der Waals surface area contributed by atoms with Gasteiger partial charge in [0.1, 0.15) is 5.44 Å². The first-order valence-electron chi connectivity index (χ1n) is 5.22. The molecule has 0 radical (unpaired) electrons. The van der Waals surface area contributed by atoms with Gasteiger partial charge in [0.05, 0.1) is 17.6 Å². The van der Waals surface area contributed by atoms with E-state index in [0.717, 1.165) is 6.42 Å². The number of carbonyl (C=O) groups excluding carboxylic acids is 1. The predicted molar refractivity (Wildman–Crippen MR) is 58.5 cm³/mol. The topological polar surface area (TPSA) is 58.6 Å². The van der Waals surface area contributed by atoms with Gasteiger partial charge in [0.15, 0.2) is 0 Å². The van der Waals surface area contributed by atoms with Gasteiger partial charge in [-0.2, -0.15) is 0 Å². The van der Waals surface area contributed by atoms with Crippen LogP contribution in [0.2, 0.25) is 0 Å². The van der Waals surface area contributed by atoms with Crippen LogP contribution in [0, 0.1) is 5.92 Å². The Morgan fingerprint density at radius 2 is 2.40 bits per heavy atom. The zero-order chi connectivity index (χ0) is 11.1. The number of β-lactam (4-membered cyclic amide) rings is 1. The van der Waals surface area contributed by atoms with Crippen molar-refractivity contribution in [1.82, 2.24) is 5.32 Å². The van der Waals surface area contributed by atoms with E-state index in [1.807, 2.05) is 13.2 Å². The minimum atomic E-state index is -0.264. The van der Waals surface area contributed by atoms with Crippen LogP contribution in [-0.4, -0.2) is 41.0 Å². The van der Waals surface area contributed by atoms with E-state index in [9.17, 15) is 4.79 Å². The van der Waals surface area contributed by atoms with Crippen molar-refractivity contribution in [3.63, 3.8) is 0 Å². The van der Waals surface area contributed by atoms with Crippen LogP contribution in [0.4, 0.5) is 0 Å². The Kier molecular flexibility index (Phi) is 2.96. The highest BCUT2D eigenvalue weighted by atomic mass is 32.2. The second-order valence-corrected chi connectivity index (χ2v) is 5.43. The van der Waals surface area contributed by atoms with E-state index in [1.165, 1.54) is 0 Å². The average Bonchev–Trinajstić information content (AvgIpc) is 2.10. The quantitative estimate of drug-likeness (QED) is 0.686. The summed E-state index contributed by atoms with van der Waals surface area (Å²) in [6.45, 7) is 2.08. The van der Waals surface area contributed by atoms with Gasteiger partial charge in [-0.25, -0.2) is 0 Å². The van der Waals surface area contributed by atoms with E-state index in [4.69, 9.17) is 9.84 Å². The van der Waals surface area contributed by atoms with E-state index in [1.54, 1.807) is 11.8 Å². The molecular formula is C10H17NO3S. The number of nitrogens with one attached hydrogen (secondary N) is 1. The van der Waals surface area contributed by atoms with Crippen molar-refractivity contribution in [2.45, 2.75) is 36.8 Å². The summed E-state index contributed by atoms with van der Waals surface area (Å²) in [7, 11) is 0. The molecule has 4 atom stereocenters. The summed E-state index contributed by atoms with van der Waals surface area (Å²) in [6, 6.07) is 0. The van der Waals surface area contributed by atoms with Gasteiger partial charge in [-0.1, -0.05) is 0 Å². The van der Waals surface area contributed by atoms with E-state index in [0.29, 0.717) is 6.42 Å². The number of ether oxygens (including phenoxy) is 1. The lowest BCUT2D eigenvalue weighted by atomic mass is 9.70. The SMILES string of the molecule is CSC1CC([C@H]2C(=O)N[C@]2(C)CCO)O1. The fourth-order valence-corrected chi connectivity index (χ4v) is 3.05. The smallest absolute Gasteiger partial charge is 0.228 e. The van der Waals surface area contributed by atoms with Gasteiger partial charge in [0.25, 0.3) is 0 Å². The van der Waals surface area contributed by atoms with E-state index >= 15 is 0 Å². The Labute approximate surface area is 93.8 Å². The maximum absolute atomic E-state index is 11.5.